The van der Waals surface area contributed by atoms with Gasteiger partial charge in [0.2, 0.25) is 0 Å². The van der Waals surface area contributed by atoms with E-state index < -0.39 is 0 Å². The van der Waals surface area contributed by atoms with Gasteiger partial charge in [-0.2, -0.15) is 0 Å². The Labute approximate surface area is 145 Å². The first kappa shape index (κ1) is 18.4. The highest BCUT2D eigenvalue weighted by Gasteiger charge is 2.08. The Morgan fingerprint density at radius 2 is 1.82 bits per heavy atom. The molecule has 2 rings (SSSR count). The molecule has 0 unspecified atom stereocenters. The number of hydrogen-bond donors (Lipinski definition) is 2. The fraction of sp³-hybridized carbons (Fsp3) is 0.133. The zero-order valence-electron chi connectivity index (χ0n) is 11.7. The van der Waals surface area contributed by atoms with Gasteiger partial charge < -0.3 is 15.2 Å². The highest BCUT2D eigenvalue weighted by molar-refractivity contribution is 6.42. The van der Waals surface area contributed by atoms with Crippen molar-refractivity contribution < 1.29 is 9.47 Å². The summed E-state index contributed by atoms with van der Waals surface area (Å²) in [7, 11) is 1.53. The Kier molecular flexibility index (Phi) is 6.81. The zero-order chi connectivity index (χ0) is 15.4. The van der Waals surface area contributed by atoms with Crippen LogP contribution in [0.15, 0.2) is 36.4 Å². The Balaban J connectivity index is 0.00000242. The third-order valence-electron chi connectivity index (χ3n) is 2.85. The maximum atomic E-state index is 7.41. The van der Waals surface area contributed by atoms with Crippen LogP contribution >= 0.6 is 35.6 Å². The van der Waals surface area contributed by atoms with Crippen LogP contribution in [0, 0.1) is 5.41 Å². The molecule has 0 aliphatic carbocycles. The molecule has 0 amide bonds. The molecule has 118 valence electrons. The first-order valence-corrected chi connectivity index (χ1v) is 6.86. The number of nitrogens with two attached hydrogens (primary N) is 1. The molecule has 0 bridgehead atoms. The molecule has 2 aromatic carbocycles. The Morgan fingerprint density at radius 1 is 1.09 bits per heavy atom. The average Bonchev–Trinajstić information content (AvgIpc) is 2.48. The summed E-state index contributed by atoms with van der Waals surface area (Å²) in [6.07, 6.45) is 0. The van der Waals surface area contributed by atoms with E-state index in [1.807, 2.05) is 6.07 Å². The number of methoxy groups -OCH3 is 1. The summed E-state index contributed by atoms with van der Waals surface area (Å²) in [4.78, 5) is 0. The summed E-state index contributed by atoms with van der Waals surface area (Å²) >= 11 is 11.8. The van der Waals surface area contributed by atoms with Crippen molar-refractivity contribution >= 4 is 41.4 Å². The van der Waals surface area contributed by atoms with Crippen molar-refractivity contribution in [2.45, 2.75) is 6.61 Å². The quantitative estimate of drug-likeness (QED) is 0.616. The topological polar surface area (TPSA) is 68.3 Å². The molecule has 3 N–H and O–H groups in total. The molecule has 0 aliphatic rings. The maximum absolute atomic E-state index is 7.41. The predicted octanol–water partition coefficient (Wildman–Crippen LogP) is 4.29. The van der Waals surface area contributed by atoms with Crippen LogP contribution in [0.4, 0.5) is 0 Å². The van der Waals surface area contributed by atoms with Crippen LogP contribution in [-0.2, 0) is 6.61 Å². The van der Waals surface area contributed by atoms with Crippen LogP contribution in [0.5, 0.6) is 11.5 Å². The maximum Gasteiger partial charge on any atom is 0.161 e. The van der Waals surface area contributed by atoms with E-state index in [0.29, 0.717) is 33.7 Å². The molecular weight excluding hydrogens is 347 g/mol. The first-order valence-electron chi connectivity index (χ1n) is 6.10. The minimum Gasteiger partial charge on any atom is -0.493 e. The molecule has 0 saturated carbocycles. The van der Waals surface area contributed by atoms with E-state index in [-0.39, 0.29) is 18.2 Å². The number of rotatable bonds is 5. The molecule has 0 atom stereocenters. The van der Waals surface area contributed by atoms with Crippen LogP contribution in [0.3, 0.4) is 0 Å². The number of hydrogen-bond acceptors (Lipinski definition) is 3. The lowest BCUT2D eigenvalue weighted by Gasteiger charge is -2.12. The van der Waals surface area contributed by atoms with Gasteiger partial charge >= 0.3 is 0 Å². The number of halogens is 3. The minimum absolute atomic E-state index is 0. The summed E-state index contributed by atoms with van der Waals surface area (Å²) < 4.78 is 10.9. The summed E-state index contributed by atoms with van der Waals surface area (Å²) in [5.41, 5.74) is 6.91. The summed E-state index contributed by atoms with van der Waals surface area (Å²) in [5.74, 6) is 1.06. The largest absolute Gasteiger partial charge is 0.493 e. The Bertz CT molecular complexity index is 678. The van der Waals surface area contributed by atoms with Crippen LogP contribution < -0.4 is 15.2 Å². The lowest BCUT2D eigenvalue weighted by atomic mass is 10.2. The molecule has 0 radical (unpaired) electrons. The third-order valence-corrected chi connectivity index (χ3v) is 3.59. The number of benzene rings is 2. The van der Waals surface area contributed by atoms with E-state index in [0.717, 1.165) is 5.56 Å². The SMILES string of the molecule is COc1cc(C(=N)N)ccc1OCc1ccc(Cl)c(Cl)c1.Cl. The number of ether oxygens (including phenoxy) is 2. The van der Waals surface area contributed by atoms with Gasteiger partial charge in [-0.1, -0.05) is 29.3 Å². The van der Waals surface area contributed by atoms with Crippen LogP contribution in [0.25, 0.3) is 0 Å². The highest BCUT2D eigenvalue weighted by atomic mass is 35.5. The first-order chi connectivity index (χ1) is 10.0. The molecule has 0 saturated heterocycles. The van der Waals surface area contributed by atoms with Gasteiger partial charge in [0.15, 0.2) is 11.5 Å². The molecule has 2 aromatic rings. The monoisotopic (exact) mass is 360 g/mol. The molecule has 7 heteroatoms. The molecule has 22 heavy (non-hydrogen) atoms. The second-order valence-corrected chi connectivity index (χ2v) is 5.13. The summed E-state index contributed by atoms with van der Waals surface area (Å²) in [6.45, 7) is 0.326. The van der Waals surface area contributed by atoms with E-state index >= 15 is 0 Å². The van der Waals surface area contributed by atoms with Gasteiger partial charge in [0.25, 0.3) is 0 Å². The fourth-order valence-electron chi connectivity index (χ4n) is 1.74. The molecule has 4 nitrogen and oxygen atoms in total. The van der Waals surface area contributed by atoms with Crippen molar-refractivity contribution in [1.29, 1.82) is 5.41 Å². The van der Waals surface area contributed by atoms with E-state index in [2.05, 4.69) is 0 Å². The van der Waals surface area contributed by atoms with Gasteiger partial charge in [0, 0.05) is 5.56 Å². The molecule has 0 fully saturated rings. The molecule has 0 aromatic heterocycles. The van der Waals surface area contributed by atoms with Gasteiger partial charge in [-0.05, 0) is 35.9 Å². The Hall–Kier alpha value is -1.62. The van der Waals surface area contributed by atoms with Crippen LogP contribution in [0.2, 0.25) is 10.0 Å². The second-order valence-electron chi connectivity index (χ2n) is 4.32. The standard InChI is InChI=1S/C15H14Cl2N2O2.ClH/c1-20-14-7-10(15(18)19)3-5-13(14)21-8-9-2-4-11(16)12(17)6-9;/h2-7H,8H2,1H3,(H3,18,19);1H. The highest BCUT2D eigenvalue weighted by Crippen LogP contribution is 2.29. The number of nitrogens with one attached hydrogen (secondary N) is 1. The molecular formula is C15H15Cl3N2O2. The van der Waals surface area contributed by atoms with Crippen molar-refractivity contribution in [2.75, 3.05) is 7.11 Å². The van der Waals surface area contributed by atoms with Crippen LogP contribution in [-0.4, -0.2) is 12.9 Å². The third kappa shape index (κ3) is 4.44. The van der Waals surface area contributed by atoms with Gasteiger partial charge in [-0.25, -0.2) is 0 Å². The predicted molar refractivity (Wildman–Crippen MR) is 92.1 cm³/mol. The minimum atomic E-state index is -0.0238. The summed E-state index contributed by atoms with van der Waals surface area (Å²) in [5, 5.41) is 8.40. The molecule has 0 heterocycles. The van der Waals surface area contributed by atoms with Crippen molar-refractivity contribution in [2.24, 2.45) is 5.73 Å². The van der Waals surface area contributed by atoms with Gasteiger partial charge in [0.1, 0.15) is 12.4 Å². The Morgan fingerprint density at radius 3 is 2.41 bits per heavy atom. The second kappa shape index (κ2) is 8.13. The van der Waals surface area contributed by atoms with Crippen LogP contribution in [0.1, 0.15) is 11.1 Å². The van der Waals surface area contributed by atoms with Gasteiger partial charge in [-0.3, -0.25) is 5.41 Å². The van der Waals surface area contributed by atoms with E-state index in [1.54, 1.807) is 30.3 Å². The van der Waals surface area contributed by atoms with Crippen molar-refractivity contribution in [3.63, 3.8) is 0 Å². The normalized spacial score (nSPS) is 9.77. The molecule has 0 aliphatic heterocycles. The van der Waals surface area contributed by atoms with E-state index in [1.165, 1.54) is 7.11 Å². The lowest BCUT2D eigenvalue weighted by Crippen LogP contribution is -2.11. The van der Waals surface area contributed by atoms with E-state index in [4.69, 9.17) is 43.8 Å². The lowest BCUT2D eigenvalue weighted by molar-refractivity contribution is 0.284. The summed E-state index contributed by atoms with van der Waals surface area (Å²) in [6, 6.07) is 10.4. The van der Waals surface area contributed by atoms with E-state index in [9.17, 15) is 0 Å². The number of amidine groups is 1. The smallest absolute Gasteiger partial charge is 0.161 e. The van der Waals surface area contributed by atoms with Gasteiger partial charge in [-0.15, -0.1) is 12.4 Å². The number of nitrogen functional groups attached to an aromatic ring is 1. The van der Waals surface area contributed by atoms with Crippen molar-refractivity contribution in [3.8, 4) is 11.5 Å². The van der Waals surface area contributed by atoms with Crippen molar-refractivity contribution in [3.05, 3.63) is 57.6 Å². The van der Waals surface area contributed by atoms with Crippen molar-refractivity contribution in [1.82, 2.24) is 0 Å². The fourth-order valence-corrected chi connectivity index (χ4v) is 2.07. The molecule has 0 spiro atoms. The average molecular weight is 362 g/mol. The van der Waals surface area contributed by atoms with Gasteiger partial charge in [0.05, 0.1) is 17.2 Å². The zero-order valence-corrected chi connectivity index (χ0v) is 14.1.